The lowest BCUT2D eigenvalue weighted by Crippen LogP contribution is -1.99. The van der Waals surface area contributed by atoms with Crippen LogP contribution in [0.5, 0.6) is 5.88 Å². The lowest BCUT2D eigenvalue weighted by Gasteiger charge is -2.09. The number of para-hydroxylation sites is 1. The standard InChI is InChI=1S/C17H15NO/c1-13-11-15-9-5-6-10-16(15)18-17(13)19-12-14-7-3-2-4-8-14/h2-11H,12H2,1H3. The number of benzene rings is 2. The van der Waals surface area contributed by atoms with Crippen molar-refractivity contribution in [2.24, 2.45) is 0 Å². The van der Waals surface area contributed by atoms with E-state index in [1.54, 1.807) is 0 Å². The largest absolute Gasteiger partial charge is 0.473 e. The summed E-state index contributed by atoms with van der Waals surface area (Å²) in [5.74, 6) is 0.711. The van der Waals surface area contributed by atoms with Crippen LogP contribution in [0.25, 0.3) is 10.9 Å². The average Bonchev–Trinajstić information content (AvgIpc) is 2.46. The van der Waals surface area contributed by atoms with Crippen LogP contribution in [0.1, 0.15) is 11.1 Å². The topological polar surface area (TPSA) is 22.1 Å². The molecule has 2 heteroatoms. The van der Waals surface area contributed by atoms with E-state index in [4.69, 9.17) is 4.74 Å². The Morgan fingerprint density at radius 1 is 0.947 bits per heavy atom. The van der Waals surface area contributed by atoms with Crippen molar-refractivity contribution in [1.82, 2.24) is 4.98 Å². The van der Waals surface area contributed by atoms with Gasteiger partial charge in [0.2, 0.25) is 5.88 Å². The van der Waals surface area contributed by atoms with Gasteiger partial charge in [-0.15, -0.1) is 0 Å². The Bertz CT molecular complexity index is 692. The number of rotatable bonds is 3. The minimum atomic E-state index is 0.549. The third-order valence-corrected chi connectivity index (χ3v) is 3.09. The van der Waals surface area contributed by atoms with Crippen molar-refractivity contribution in [3.63, 3.8) is 0 Å². The maximum Gasteiger partial charge on any atom is 0.217 e. The fraction of sp³-hybridized carbons (Fsp3) is 0.118. The van der Waals surface area contributed by atoms with Gasteiger partial charge in [0.05, 0.1) is 5.52 Å². The summed E-state index contributed by atoms with van der Waals surface area (Å²) in [4.78, 5) is 4.57. The molecule has 94 valence electrons. The van der Waals surface area contributed by atoms with Crippen molar-refractivity contribution < 1.29 is 4.74 Å². The summed E-state index contributed by atoms with van der Waals surface area (Å²) in [5.41, 5.74) is 3.18. The zero-order valence-corrected chi connectivity index (χ0v) is 10.8. The number of nitrogens with zero attached hydrogens (tertiary/aromatic N) is 1. The second kappa shape index (κ2) is 5.11. The lowest BCUT2D eigenvalue weighted by molar-refractivity contribution is 0.293. The Kier molecular flexibility index (Phi) is 3.15. The number of aryl methyl sites for hydroxylation is 1. The van der Waals surface area contributed by atoms with Gasteiger partial charge in [-0.1, -0.05) is 48.5 Å². The third kappa shape index (κ3) is 2.58. The van der Waals surface area contributed by atoms with Gasteiger partial charge in [-0.05, 0) is 24.6 Å². The first kappa shape index (κ1) is 11.7. The zero-order valence-electron chi connectivity index (χ0n) is 10.8. The first-order valence-electron chi connectivity index (χ1n) is 6.36. The molecule has 1 aromatic heterocycles. The number of fused-ring (bicyclic) bond motifs is 1. The molecule has 19 heavy (non-hydrogen) atoms. The van der Waals surface area contributed by atoms with Crippen LogP contribution in [0.2, 0.25) is 0 Å². The Labute approximate surface area is 112 Å². The highest BCUT2D eigenvalue weighted by Crippen LogP contribution is 2.22. The Morgan fingerprint density at radius 2 is 1.68 bits per heavy atom. The number of ether oxygens (including phenoxy) is 1. The van der Waals surface area contributed by atoms with E-state index in [2.05, 4.69) is 29.2 Å². The van der Waals surface area contributed by atoms with E-state index < -0.39 is 0 Å². The highest BCUT2D eigenvalue weighted by atomic mass is 16.5. The quantitative estimate of drug-likeness (QED) is 0.696. The number of hydrogen-bond acceptors (Lipinski definition) is 2. The molecule has 2 nitrogen and oxygen atoms in total. The van der Waals surface area contributed by atoms with Crippen molar-refractivity contribution in [3.8, 4) is 5.88 Å². The molecule has 1 heterocycles. The predicted octanol–water partition coefficient (Wildman–Crippen LogP) is 4.12. The van der Waals surface area contributed by atoms with Crippen molar-refractivity contribution in [3.05, 3.63) is 71.8 Å². The van der Waals surface area contributed by atoms with Crippen molar-refractivity contribution in [1.29, 1.82) is 0 Å². The predicted molar refractivity (Wildman–Crippen MR) is 77.3 cm³/mol. The van der Waals surface area contributed by atoms with Gasteiger partial charge in [0.25, 0.3) is 0 Å². The van der Waals surface area contributed by atoms with Gasteiger partial charge < -0.3 is 4.74 Å². The molecule has 0 radical (unpaired) electrons. The Morgan fingerprint density at radius 3 is 2.53 bits per heavy atom. The Balaban J connectivity index is 1.86. The molecule has 2 aromatic carbocycles. The van der Waals surface area contributed by atoms with E-state index in [1.807, 2.05) is 43.3 Å². The van der Waals surface area contributed by atoms with E-state index in [0.29, 0.717) is 12.5 Å². The smallest absolute Gasteiger partial charge is 0.217 e. The summed E-state index contributed by atoms with van der Waals surface area (Å²) in [5, 5.41) is 1.15. The molecule has 0 atom stereocenters. The van der Waals surface area contributed by atoms with Crippen molar-refractivity contribution in [2.45, 2.75) is 13.5 Å². The molecule has 0 saturated carbocycles. The number of pyridine rings is 1. The van der Waals surface area contributed by atoms with Crippen LogP contribution in [0.3, 0.4) is 0 Å². The average molecular weight is 249 g/mol. The van der Waals surface area contributed by atoms with E-state index in [9.17, 15) is 0 Å². The number of aromatic nitrogens is 1. The van der Waals surface area contributed by atoms with Gasteiger partial charge in [0.15, 0.2) is 0 Å². The first-order chi connectivity index (χ1) is 9.33. The minimum absolute atomic E-state index is 0.549. The van der Waals surface area contributed by atoms with Crippen LogP contribution >= 0.6 is 0 Å². The van der Waals surface area contributed by atoms with Crippen molar-refractivity contribution >= 4 is 10.9 Å². The molecule has 0 amide bonds. The summed E-state index contributed by atoms with van der Waals surface area (Å²) >= 11 is 0. The van der Waals surface area contributed by atoms with E-state index in [-0.39, 0.29) is 0 Å². The van der Waals surface area contributed by atoms with E-state index >= 15 is 0 Å². The van der Waals surface area contributed by atoms with Gasteiger partial charge in [-0.2, -0.15) is 0 Å². The first-order valence-corrected chi connectivity index (χ1v) is 6.36. The molecule has 0 fully saturated rings. The lowest BCUT2D eigenvalue weighted by atomic mass is 10.2. The van der Waals surface area contributed by atoms with Gasteiger partial charge in [0.1, 0.15) is 6.61 Å². The maximum absolute atomic E-state index is 5.82. The van der Waals surface area contributed by atoms with Gasteiger partial charge >= 0.3 is 0 Å². The fourth-order valence-electron chi connectivity index (χ4n) is 2.08. The van der Waals surface area contributed by atoms with E-state index in [1.165, 1.54) is 0 Å². The summed E-state index contributed by atoms with van der Waals surface area (Å²) in [6, 6.07) is 20.3. The highest BCUT2D eigenvalue weighted by Gasteiger charge is 2.04. The third-order valence-electron chi connectivity index (χ3n) is 3.09. The fourth-order valence-corrected chi connectivity index (χ4v) is 2.08. The Hall–Kier alpha value is -2.35. The minimum Gasteiger partial charge on any atom is -0.473 e. The van der Waals surface area contributed by atoms with Gasteiger partial charge in [-0.3, -0.25) is 0 Å². The molecule has 0 spiro atoms. The summed E-state index contributed by atoms with van der Waals surface area (Å²) in [6.45, 7) is 2.58. The second-order valence-corrected chi connectivity index (χ2v) is 4.58. The monoisotopic (exact) mass is 249 g/mol. The SMILES string of the molecule is Cc1cc2ccccc2nc1OCc1ccccc1. The maximum atomic E-state index is 5.82. The molecule has 0 bridgehead atoms. The van der Waals surface area contributed by atoms with Crippen LogP contribution in [-0.2, 0) is 6.61 Å². The van der Waals surface area contributed by atoms with Crippen LogP contribution in [0.15, 0.2) is 60.7 Å². The molecule has 0 aliphatic carbocycles. The van der Waals surface area contributed by atoms with Crippen molar-refractivity contribution in [2.75, 3.05) is 0 Å². The van der Waals surface area contributed by atoms with E-state index in [0.717, 1.165) is 22.0 Å². The molecule has 0 saturated heterocycles. The van der Waals surface area contributed by atoms with Crippen LogP contribution in [0.4, 0.5) is 0 Å². The summed E-state index contributed by atoms with van der Waals surface area (Å²) in [6.07, 6.45) is 0. The summed E-state index contributed by atoms with van der Waals surface area (Å²) in [7, 11) is 0. The summed E-state index contributed by atoms with van der Waals surface area (Å²) < 4.78 is 5.82. The molecule has 3 rings (SSSR count). The second-order valence-electron chi connectivity index (χ2n) is 4.58. The molecule has 3 aromatic rings. The molecular weight excluding hydrogens is 234 g/mol. The highest BCUT2D eigenvalue weighted by molar-refractivity contribution is 5.79. The van der Waals surface area contributed by atoms with Crippen LogP contribution in [-0.4, -0.2) is 4.98 Å². The molecule has 0 unspecified atom stereocenters. The zero-order chi connectivity index (χ0) is 13.1. The van der Waals surface area contributed by atoms with Gasteiger partial charge in [0, 0.05) is 10.9 Å². The molecule has 0 aliphatic heterocycles. The normalized spacial score (nSPS) is 10.6. The van der Waals surface area contributed by atoms with Crippen LogP contribution in [0, 0.1) is 6.92 Å². The molecule has 0 aliphatic rings. The van der Waals surface area contributed by atoms with Crippen LogP contribution < -0.4 is 4.74 Å². The molecule has 0 N–H and O–H groups in total. The molecular formula is C17H15NO. The van der Waals surface area contributed by atoms with Gasteiger partial charge in [-0.25, -0.2) is 4.98 Å². The number of hydrogen-bond donors (Lipinski definition) is 0.